The molecule has 1 N–H and O–H groups in total. The van der Waals surface area contributed by atoms with Crippen LogP contribution in [0.3, 0.4) is 0 Å². The van der Waals surface area contributed by atoms with E-state index < -0.39 is 5.78 Å². The summed E-state index contributed by atoms with van der Waals surface area (Å²) in [5, 5.41) is 10.5. The summed E-state index contributed by atoms with van der Waals surface area (Å²) in [6, 6.07) is 5.40. The second-order valence-electron chi connectivity index (χ2n) is 4.96. The van der Waals surface area contributed by atoms with E-state index in [1.54, 1.807) is 29.1 Å². The fraction of sp³-hybridized carbons (Fsp3) is 0.0667. The predicted molar refractivity (Wildman–Crippen MR) is 85.4 cm³/mol. The lowest BCUT2D eigenvalue weighted by atomic mass is 10.2. The van der Waals surface area contributed by atoms with E-state index in [4.69, 9.17) is 16.0 Å². The van der Waals surface area contributed by atoms with E-state index in [0.717, 1.165) is 4.88 Å². The van der Waals surface area contributed by atoms with Gasteiger partial charge in [-0.25, -0.2) is 14.5 Å². The van der Waals surface area contributed by atoms with Gasteiger partial charge in [0.1, 0.15) is 6.54 Å². The number of hydrogen-bond donors (Lipinski definition) is 1. The summed E-state index contributed by atoms with van der Waals surface area (Å²) in [7, 11) is 0. The molecule has 0 aliphatic rings. The molecular weight excluding hydrogens is 352 g/mol. The Hall–Kier alpha value is -2.71. The van der Waals surface area contributed by atoms with Crippen molar-refractivity contribution >= 4 is 34.4 Å². The number of aromatic nitrogens is 4. The first-order valence-corrected chi connectivity index (χ1v) is 8.10. The molecule has 0 radical (unpaired) electrons. The van der Waals surface area contributed by atoms with Crippen molar-refractivity contribution in [3.8, 4) is 5.88 Å². The maximum atomic E-state index is 12.7. The minimum atomic E-state index is -0.454. The van der Waals surface area contributed by atoms with Crippen LogP contribution in [-0.2, 0) is 6.54 Å². The van der Waals surface area contributed by atoms with Gasteiger partial charge >= 0.3 is 5.88 Å². The van der Waals surface area contributed by atoms with E-state index in [2.05, 4.69) is 9.97 Å². The van der Waals surface area contributed by atoms with E-state index in [0.29, 0.717) is 16.7 Å². The molecule has 0 atom stereocenters. The lowest BCUT2D eigenvalue weighted by Gasteiger charge is -1.99. The standard InChI is InChI=1S/C15H9ClN4O3S/c16-15-18-5-9(24-15)7-20-11-3-1-2-4-19(11)14(22)12(20)13(21)10-6-17-8-23-10/h1-6,8H,7H2/p+1. The van der Waals surface area contributed by atoms with Crippen LogP contribution >= 0.6 is 22.9 Å². The molecule has 0 aliphatic heterocycles. The third-order valence-electron chi connectivity index (χ3n) is 3.54. The number of aromatic hydroxyl groups is 1. The zero-order chi connectivity index (χ0) is 16.7. The molecule has 24 heavy (non-hydrogen) atoms. The van der Waals surface area contributed by atoms with Gasteiger partial charge in [0.2, 0.25) is 0 Å². The fourth-order valence-corrected chi connectivity index (χ4v) is 3.49. The molecule has 0 saturated heterocycles. The average molecular weight is 362 g/mol. The molecule has 4 aromatic heterocycles. The largest absolute Gasteiger partial charge is 0.474 e. The summed E-state index contributed by atoms with van der Waals surface area (Å²) < 4.78 is 8.74. The molecule has 9 heteroatoms. The summed E-state index contributed by atoms with van der Waals surface area (Å²) in [4.78, 5) is 21.4. The number of carbonyl (C=O) groups excluding carboxylic acids is 1. The second kappa shape index (κ2) is 5.73. The van der Waals surface area contributed by atoms with Crippen LogP contribution in [0.1, 0.15) is 21.1 Å². The minimum absolute atomic E-state index is 0.0530. The summed E-state index contributed by atoms with van der Waals surface area (Å²) in [5.41, 5.74) is 0.768. The topological polar surface area (TPSA) is 85.2 Å². The van der Waals surface area contributed by atoms with Crippen LogP contribution in [0.15, 0.2) is 47.6 Å². The van der Waals surface area contributed by atoms with Gasteiger partial charge in [-0.1, -0.05) is 17.7 Å². The molecule has 7 nitrogen and oxygen atoms in total. The van der Waals surface area contributed by atoms with Crippen LogP contribution in [0.4, 0.5) is 0 Å². The molecule has 0 saturated carbocycles. The van der Waals surface area contributed by atoms with Gasteiger partial charge in [-0.2, -0.15) is 4.40 Å². The van der Waals surface area contributed by atoms with Crippen molar-refractivity contribution in [2.75, 3.05) is 0 Å². The van der Waals surface area contributed by atoms with E-state index >= 15 is 0 Å². The smallest absolute Gasteiger partial charge is 0.339 e. The Kier molecular flexibility index (Phi) is 3.55. The minimum Gasteiger partial charge on any atom is -0.474 e. The number of fused-ring (bicyclic) bond motifs is 1. The molecule has 0 fully saturated rings. The predicted octanol–water partition coefficient (Wildman–Crippen LogP) is 2.31. The molecular formula is C15H10ClN4O3S+. The SMILES string of the molecule is O=C(c1cnco1)c1c(O)[n+]2ccccc2n1Cc1cnc(Cl)s1. The monoisotopic (exact) mass is 361 g/mol. The second-order valence-corrected chi connectivity index (χ2v) is 6.66. The molecule has 0 aromatic carbocycles. The van der Waals surface area contributed by atoms with Gasteiger partial charge in [0.05, 0.1) is 17.3 Å². The zero-order valence-electron chi connectivity index (χ0n) is 12.1. The highest BCUT2D eigenvalue weighted by atomic mass is 35.5. The van der Waals surface area contributed by atoms with Crippen molar-refractivity contribution in [3.63, 3.8) is 0 Å². The van der Waals surface area contributed by atoms with Gasteiger partial charge in [-0.15, -0.1) is 11.3 Å². The maximum absolute atomic E-state index is 12.7. The highest BCUT2D eigenvalue weighted by Crippen LogP contribution is 2.25. The lowest BCUT2D eigenvalue weighted by Crippen LogP contribution is -2.19. The number of carbonyl (C=O) groups is 1. The number of rotatable bonds is 4. The summed E-state index contributed by atoms with van der Waals surface area (Å²) in [5.74, 6) is -0.566. The van der Waals surface area contributed by atoms with E-state index in [9.17, 15) is 9.90 Å². The number of ketones is 1. The van der Waals surface area contributed by atoms with Gasteiger partial charge in [-0.3, -0.25) is 4.79 Å². The highest BCUT2D eigenvalue weighted by Gasteiger charge is 2.33. The quantitative estimate of drug-likeness (QED) is 0.445. The van der Waals surface area contributed by atoms with Gasteiger partial charge in [0.15, 0.2) is 16.6 Å². The molecule has 0 aliphatic carbocycles. The fourth-order valence-electron chi connectivity index (χ4n) is 2.52. The third kappa shape index (κ3) is 2.36. The first kappa shape index (κ1) is 14.9. The first-order chi connectivity index (χ1) is 11.6. The molecule has 120 valence electrons. The molecule has 4 heterocycles. The average Bonchev–Trinajstić information content (AvgIpc) is 3.30. The lowest BCUT2D eigenvalue weighted by molar-refractivity contribution is -0.521. The maximum Gasteiger partial charge on any atom is 0.339 e. The molecule has 0 unspecified atom stereocenters. The van der Waals surface area contributed by atoms with Crippen LogP contribution in [0.2, 0.25) is 4.47 Å². The van der Waals surface area contributed by atoms with Crippen molar-refractivity contribution in [1.29, 1.82) is 0 Å². The number of thiazole rings is 1. The van der Waals surface area contributed by atoms with Crippen LogP contribution in [0.5, 0.6) is 5.88 Å². The summed E-state index contributed by atoms with van der Waals surface area (Å²) in [6.45, 7) is 0.341. The highest BCUT2D eigenvalue weighted by molar-refractivity contribution is 7.15. The summed E-state index contributed by atoms with van der Waals surface area (Å²) >= 11 is 7.20. The van der Waals surface area contributed by atoms with E-state index in [1.165, 1.54) is 28.3 Å². The summed E-state index contributed by atoms with van der Waals surface area (Å²) in [6.07, 6.45) is 5.82. The Morgan fingerprint density at radius 2 is 2.29 bits per heavy atom. The van der Waals surface area contributed by atoms with E-state index in [-0.39, 0.29) is 17.3 Å². The Morgan fingerprint density at radius 1 is 1.42 bits per heavy atom. The van der Waals surface area contributed by atoms with Gasteiger partial charge in [0, 0.05) is 12.3 Å². The van der Waals surface area contributed by atoms with Gasteiger partial charge in [-0.05, 0) is 6.07 Å². The zero-order valence-corrected chi connectivity index (χ0v) is 13.7. The molecule has 4 aromatic rings. The van der Waals surface area contributed by atoms with Crippen molar-refractivity contribution in [1.82, 2.24) is 14.5 Å². The normalized spacial score (nSPS) is 11.2. The van der Waals surface area contributed by atoms with Crippen LogP contribution in [0.25, 0.3) is 5.65 Å². The Balaban J connectivity index is 1.92. The van der Waals surface area contributed by atoms with Crippen LogP contribution in [-0.4, -0.2) is 25.4 Å². The van der Waals surface area contributed by atoms with Crippen molar-refractivity contribution in [2.45, 2.75) is 6.54 Å². The Morgan fingerprint density at radius 3 is 3.00 bits per heavy atom. The number of pyridine rings is 1. The molecule has 0 spiro atoms. The molecule has 0 amide bonds. The van der Waals surface area contributed by atoms with Crippen molar-refractivity contribution < 1.29 is 18.7 Å². The molecule has 0 bridgehead atoms. The number of oxazole rings is 1. The van der Waals surface area contributed by atoms with Crippen LogP contribution in [0, 0.1) is 0 Å². The van der Waals surface area contributed by atoms with Crippen LogP contribution < -0.4 is 4.40 Å². The van der Waals surface area contributed by atoms with E-state index in [1.807, 2.05) is 6.07 Å². The Labute approximate surface area is 144 Å². The number of hydrogen-bond acceptors (Lipinski definition) is 6. The third-order valence-corrected chi connectivity index (χ3v) is 4.63. The number of nitrogens with zero attached hydrogens (tertiary/aromatic N) is 4. The number of imidazole rings is 1. The van der Waals surface area contributed by atoms with Crippen molar-refractivity contribution in [2.24, 2.45) is 0 Å². The first-order valence-electron chi connectivity index (χ1n) is 6.90. The molecule has 4 rings (SSSR count). The Bertz CT molecular complexity index is 1040. The van der Waals surface area contributed by atoms with Crippen molar-refractivity contribution in [3.05, 3.63) is 64.0 Å². The van der Waals surface area contributed by atoms with Gasteiger partial charge in [0.25, 0.3) is 17.1 Å². The van der Waals surface area contributed by atoms with Gasteiger partial charge < -0.3 is 9.52 Å². The number of halogens is 1.